The number of carbonyl (C=O) groups is 1. The second kappa shape index (κ2) is 11.0. The molecule has 5 aromatic heterocycles. The van der Waals surface area contributed by atoms with Gasteiger partial charge < -0.3 is 4.57 Å². The van der Waals surface area contributed by atoms with E-state index in [0.717, 1.165) is 22.5 Å². The van der Waals surface area contributed by atoms with Crippen LogP contribution >= 0.6 is 23.1 Å². The molecule has 0 aliphatic carbocycles. The van der Waals surface area contributed by atoms with Crippen LogP contribution in [0.2, 0.25) is 0 Å². The smallest absolute Gasteiger partial charge is 0.267 e. The zero-order valence-corrected chi connectivity index (χ0v) is 23.2. The minimum Gasteiger partial charge on any atom is -0.306 e. The fraction of sp³-hybridized carbons (Fsp3) is 0.107. The lowest BCUT2D eigenvalue weighted by Gasteiger charge is -2.15. The number of anilines is 1. The molecule has 1 aromatic carbocycles. The molecule has 5 heterocycles. The van der Waals surface area contributed by atoms with Crippen LogP contribution < -0.4 is 16.4 Å². The summed E-state index contributed by atoms with van der Waals surface area (Å²) < 4.78 is 17.5. The van der Waals surface area contributed by atoms with Crippen molar-refractivity contribution < 1.29 is 9.18 Å². The van der Waals surface area contributed by atoms with Gasteiger partial charge >= 0.3 is 0 Å². The number of carbonyl (C=O) groups excluding carboxylic acids is 1. The molecule has 0 bridgehead atoms. The van der Waals surface area contributed by atoms with Crippen molar-refractivity contribution in [3.63, 3.8) is 0 Å². The number of thioether (sulfide) groups is 1. The fourth-order valence-electron chi connectivity index (χ4n) is 4.33. The number of aromatic nitrogens is 6. The number of nitrogens with zero attached hydrogens (tertiary/aromatic N) is 6. The molecule has 0 aliphatic rings. The molecule has 0 aliphatic heterocycles. The van der Waals surface area contributed by atoms with Gasteiger partial charge in [0, 0.05) is 24.3 Å². The molecular weight excluding hydrogens is 563 g/mol. The minimum atomic E-state index is -0.615. The molecule has 0 atom stereocenters. The second-order valence-corrected chi connectivity index (χ2v) is 11.3. The number of amides is 1. The highest BCUT2D eigenvalue weighted by molar-refractivity contribution is 8.00. The van der Waals surface area contributed by atoms with E-state index in [1.54, 1.807) is 59.6 Å². The molecule has 0 unspecified atom stereocenters. The van der Waals surface area contributed by atoms with Gasteiger partial charge in [-0.15, -0.1) is 10.2 Å². The molecule has 10 nitrogen and oxygen atoms in total. The van der Waals surface area contributed by atoms with E-state index in [2.05, 4.69) is 20.5 Å². The Labute approximate surface area is 240 Å². The number of aryl methyl sites for hydroxylation is 1. The number of halogens is 1. The molecule has 41 heavy (non-hydrogen) atoms. The summed E-state index contributed by atoms with van der Waals surface area (Å²) in [6.45, 7) is 2.05. The first-order valence-electron chi connectivity index (χ1n) is 12.4. The van der Waals surface area contributed by atoms with E-state index in [4.69, 9.17) is 10.4 Å². The standard InChI is InChI=1S/C28H21FN8O2S2/c1-16-5-4-12-36-23(16)32-24-20(26(36)39)13-19(22(30)37(24)14-17-8-10-31-11-9-17)25(38)33-27-34-35-28(41-27)40-15-18-6-2-3-7-21(18)29/h2-13,30H,14-15H2,1H3,(H,33,34,38). The molecule has 204 valence electrons. The molecular formula is C28H21FN8O2S2. The first-order valence-corrected chi connectivity index (χ1v) is 14.2. The summed E-state index contributed by atoms with van der Waals surface area (Å²) in [6.07, 6.45) is 4.90. The number of hydrogen-bond donors (Lipinski definition) is 2. The molecule has 0 radical (unpaired) electrons. The van der Waals surface area contributed by atoms with Gasteiger partial charge in [0.2, 0.25) is 5.13 Å². The van der Waals surface area contributed by atoms with Gasteiger partial charge in [-0.25, -0.2) is 9.37 Å². The Balaban J connectivity index is 1.37. The van der Waals surface area contributed by atoms with E-state index >= 15 is 0 Å². The van der Waals surface area contributed by atoms with E-state index in [9.17, 15) is 14.0 Å². The highest BCUT2D eigenvalue weighted by Gasteiger charge is 2.20. The van der Waals surface area contributed by atoms with Crippen LogP contribution in [0.1, 0.15) is 27.0 Å². The Kier molecular flexibility index (Phi) is 7.12. The monoisotopic (exact) mass is 584 g/mol. The van der Waals surface area contributed by atoms with Gasteiger partial charge in [0.1, 0.15) is 22.6 Å². The number of pyridine rings is 3. The van der Waals surface area contributed by atoms with Crippen LogP contribution in [0.25, 0.3) is 16.7 Å². The lowest BCUT2D eigenvalue weighted by Crippen LogP contribution is -2.32. The second-order valence-electron chi connectivity index (χ2n) is 9.09. The summed E-state index contributed by atoms with van der Waals surface area (Å²) in [6, 6.07) is 15.1. The summed E-state index contributed by atoms with van der Waals surface area (Å²) in [7, 11) is 0. The van der Waals surface area contributed by atoms with E-state index < -0.39 is 5.91 Å². The van der Waals surface area contributed by atoms with Crippen molar-refractivity contribution >= 4 is 50.8 Å². The van der Waals surface area contributed by atoms with Crippen molar-refractivity contribution in [2.24, 2.45) is 0 Å². The van der Waals surface area contributed by atoms with Crippen LogP contribution in [0.5, 0.6) is 0 Å². The molecule has 2 N–H and O–H groups in total. The number of nitrogens with one attached hydrogen (secondary N) is 2. The quantitative estimate of drug-likeness (QED) is 0.161. The Morgan fingerprint density at radius 1 is 1.10 bits per heavy atom. The van der Waals surface area contributed by atoms with Crippen LogP contribution in [0.15, 0.2) is 82.3 Å². The minimum absolute atomic E-state index is 0.0196. The van der Waals surface area contributed by atoms with Crippen molar-refractivity contribution in [3.05, 3.63) is 117 Å². The number of benzene rings is 1. The fourth-order valence-corrected chi connectivity index (χ4v) is 6.07. The highest BCUT2D eigenvalue weighted by Crippen LogP contribution is 2.29. The van der Waals surface area contributed by atoms with E-state index in [-0.39, 0.29) is 39.5 Å². The van der Waals surface area contributed by atoms with Gasteiger partial charge in [-0.2, -0.15) is 0 Å². The maximum absolute atomic E-state index is 14.0. The molecule has 0 saturated heterocycles. The zero-order valence-electron chi connectivity index (χ0n) is 21.5. The molecule has 1 amide bonds. The Hall–Kier alpha value is -4.75. The Bertz CT molecular complexity index is 2060. The maximum atomic E-state index is 14.0. The van der Waals surface area contributed by atoms with E-state index in [0.29, 0.717) is 27.0 Å². The molecule has 0 spiro atoms. The normalized spacial score (nSPS) is 11.3. The number of rotatable bonds is 7. The lowest BCUT2D eigenvalue weighted by molar-refractivity contribution is 0.102. The van der Waals surface area contributed by atoms with Crippen LogP contribution in [0.4, 0.5) is 9.52 Å². The molecule has 0 fully saturated rings. The third kappa shape index (κ3) is 5.24. The largest absolute Gasteiger partial charge is 0.306 e. The van der Waals surface area contributed by atoms with Crippen molar-refractivity contribution in [2.75, 3.05) is 5.32 Å². The Morgan fingerprint density at radius 3 is 2.71 bits per heavy atom. The van der Waals surface area contributed by atoms with Gasteiger partial charge in [0.15, 0.2) is 4.34 Å². The summed E-state index contributed by atoms with van der Waals surface area (Å²) in [5, 5.41) is 20.2. The zero-order chi connectivity index (χ0) is 28.5. The van der Waals surface area contributed by atoms with E-state index in [1.807, 2.05) is 13.0 Å². The summed E-state index contributed by atoms with van der Waals surface area (Å²) in [5.41, 5.74) is 2.44. The van der Waals surface area contributed by atoms with Gasteiger partial charge in [-0.05, 0) is 53.9 Å². The predicted molar refractivity (Wildman–Crippen MR) is 155 cm³/mol. The van der Waals surface area contributed by atoms with Gasteiger partial charge in [-0.3, -0.25) is 29.7 Å². The molecule has 13 heteroatoms. The third-order valence-electron chi connectivity index (χ3n) is 6.40. The molecule has 0 saturated carbocycles. The van der Waals surface area contributed by atoms with Crippen LogP contribution in [0.3, 0.4) is 0 Å². The highest BCUT2D eigenvalue weighted by atomic mass is 32.2. The topological polar surface area (TPSA) is 131 Å². The first kappa shape index (κ1) is 26.5. The van der Waals surface area contributed by atoms with Crippen LogP contribution in [-0.2, 0) is 12.3 Å². The number of fused-ring (bicyclic) bond motifs is 2. The summed E-state index contributed by atoms with van der Waals surface area (Å²) in [4.78, 5) is 35.8. The third-order valence-corrected chi connectivity index (χ3v) is 8.42. The maximum Gasteiger partial charge on any atom is 0.267 e. The predicted octanol–water partition coefficient (Wildman–Crippen LogP) is 4.42. The molecule has 6 aromatic rings. The van der Waals surface area contributed by atoms with Crippen molar-refractivity contribution in [2.45, 2.75) is 23.6 Å². The van der Waals surface area contributed by atoms with Crippen molar-refractivity contribution in [1.82, 2.24) is 29.1 Å². The average molecular weight is 585 g/mol. The van der Waals surface area contributed by atoms with Gasteiger partial charge in [0.25, 0.3) is 11.5 Å². The van der Waals surface area contributed by atoms with Gasteiger partial charge in [-0.1, -0.05) is 47.4 Å². The lowest BCUT2D eigenvalue weighted by atomic mass is 10.1. The van der Waals surface area contributed by atoms with E-state index in [1.165, 1.54) is 28.3 Å². The first-order chi connectivity index (χ1) is 19.9. The number of hydrogen-bond acceptors (Lipinski definition) is 9. The Morgan fingerprint density at radius 2 is 1.90 bits per heavy atom. The average Bonchev–Trinajstić information content (AvgIpc) is 3.42. The van der Waals surface area contributed by atoms with Crippen molar-refractivity contribution in [3.8, 4) is 0 Å². The van der Waals surface area contributed by atoms with Crippen LogP contribution in [-0.4, -0.2) is 35.0 Å². The SMILES string of the molecule is Cc1cccn2c(=O)c3cc(C(=O)Nc4nnc(SCc5ccccc5F)s4)c(=N)n(Cc4ccncc4)c3nc12. The summed E-state index contributed by atoms with van der Waals surface area (Å²) in [5.74, 6) is -0.558. The van der Waals surface area contributed by atoms with Crippen molar-refractivity contribution in [1.29, 1.82) is 5.41 Å². The van der Waals surface area contributed by atoms with Gasteiger partial charge in [0.05, 0.1) is 17.5 Å². The molecule has 6 rings (SSSR count). The van der Waals surface area contributed by atoms with Crippen LogP contribution in [0, 0.1) is 18.2 Å². The summed E-state index contributed by atoms with van der Waals surface area (Å²) >= 11 is 2.44.